The van der Waals surface area contributed by atoms with Crippen molar-refractivity contribution < 1.29 is 13.5 Å². The van der Waals surface area contributed by atoms with Crippen LogP contribution in [0.5, 0.6) is 0 Å². The van der Waals surface area contributed by atoms with Crippen molar-refractivity contribution in [2.24, 2.45) is 11.8 Å². The van der Waals surface area contributed by atoms with Crippen LogP contribution in [0.1, 0.15) is 38.3 Å². The van der Waals surface area contributed by atoms with Crippen LogP contribution in [-0.2, 0) is 21.7 Å². The molecular weight excluding hydrogens is 284 g/mol. The summed E-state index contributed by atoms with van der Waals surface area (Å²) in [4.78, 5) is 0. The summed E-state index contributed by atoms with van der Waals surface area (Å²) in [6.07, 6.45) is 1.44. The molecule has 0 radical (unpaired) electrons. The molecule has 0 aromatic heterocycles. The molecule has 1 saturated heterocycles. The highest BCUT2D eigenvalue weighted by atomic mass is 32.2. The molecule has 0 spiro atoms. The molecule has 1 aromatic rings. The Balaban J connectivity index is 2.06. The van der Waals surface area contributed by atoms with Crippen LogP contribution in [0.3, 0.4) is 0 Å². The molecule has 118 valence electrons. The minimum absolute atomic E-state index is 0.0442. The van der Waals surface area contributed by atoms with Crippen molar-refractivity contribution in [3.05, 3.63) is 35.4 Å². The third-order valence-corrected chi connectivity index (χ3v) is 6.28. The summed E-state index contributed by atoms with van der Waals surface area (Å²) < 4.78 is 23.2. The van der Waals surface area contributed by atoms with Gasteiger partial charge in [0.15, 0.2) is 9.84 Å². The molecule has 0 bridgehead atoms. The van der Waals surface area contributed by atoms with E-state index >= 15 is 0 Å². The maximum absolute atomic E-state index is 11.6. The Kier molecular flexibility index (Phi) is 4.79. The Bertz CT molecular complexity index is 567. The number of hydrogen-bond donors (Lipinski definition) is 1. The summed E-state index contributed by atoms with van der Waals surface area (Å²) in [6, 6.07) is 8.48. The molecule has 0 saturated carbocycles. The zero-order valence-electron chi connectivity index (χ0n) is 13.2. The van der Waals surface area contributed by atoms with Gasteiger partial charge in [-0.1, -0.05) is 45.0 Å². The quantitative estimate of drug-likeness (QED) is 0.930. The van der Waals surface area contributed by atoms with Crippen LogP contribution in [0.4, 0.5) is 0 Å². The molecule has 0 amide bonds. The highest BCUT2D eigenvalue weighted by Gasteiger charge is 2.33. The van der Waals surface area contributed by atoms with Crippen LogP contribution in [0.15, 0.2) is 24.3 Å². The predicted molar refractivity (Wildman–Crippen MR) is 86.2 cm³/mol. The smallest absolute Gasteiger partial charge is 0.150 e. The van der Waals surface area contributed by atoms with E-state index in [0.29, 0.717) is 6.42 Å². The van der Waals surface area contributed by atoms with Gasteiger partial charge < -0.3 is 5.11 Å². The van der Waals surface area contributed by atoms with Gasteiger partial charge >= 0.3 is 0 Å². The summed E-state index contributed by atoms with van der Waals surface area (Å²) in [7, 11) is -2.88. The zero-order valence-corrected chi connectivity index (χ0v) is 14.0. The van der Waals surface area contributed by atoms with Crippen LogP contribution >= 0.6 is 0 Å². The van der Waals surface area contributed by atoms with E-state index in [-0.39, 0.29) is 35.4 Å². The van der Waals surface area contributed by atoms with Crippen molar-refractivity contribution in [1.29, 1.82) is 0 Å². The molecule has 21 heavy (non-hydrogen) atoms. The van der Waals surface area contributed by atoms with Gasteiger partial charge in [-0.15, -0.1) is 0 Å². The van der Waals surface area contributed by atoms with Crippen molar-refractivity contribution in [3.8, 4) is 0 Å². The Morgan fingerprint density at radius 1 is 1.24 bits per heavy atom. The number of rotatable bonds is 4. The summed E-state index contributed by atoms with van der Waals surface area (Å²) in [5.74, 6) is 0.653. The van der Waals surface area contributed by atoms with Crippen LogP contribution < -0.4 is 0 Å². The Labute approximate surface area is 128 Å². The van der Waals surface area contributed by atoms with E-state index in [9.17, 15) is 13.5 Å². The number of sulfone groups is 1. The molecular formula is C17H26O3S. The van der Waals surface area contributed by atoms with Crippen molar-refractivity contribution in [1.82, 2.24) is 0 Å². The summed E-state index contributed by atoms with van der Waals surface area (Å²) >= 11 is 0. The lowest BCUT2D eigenvalue weighted by molar-refractivity contribution is 0.184. The van der Waals surface area contributed by atoms with Crippen LogP contribution in [0.25, 0.3) is 0 Å². The maximum atomic E-state index is 11.6. The number of hydrogen-bond acceptors (Lipinski definition) is 3. The Hall–Kier alpha value is -0.870. The second-order valence-electron chi connectivity index (χ2n) is 7.26. The molecule has 1 aliphatic rings. The normalized spacial score (nSPS) is 23.1. The van der Waals surface area contributed by atoms with E-state index in [4.69, 9.17) is 0 Å². The molecule has 4 heteroatoms. The lowest BCUT2D eigenvalue weighted by Crippen LogP contribution is -2.22. The van der Waals surface area contributed by atoms with E-state index in [1.165, 1.54) is 11.1 Å². The van der Waals surface area contributed by atoms with Gasteiger partial charge in [0.2, 0.25) is 0 Å². The SMILES string of the molecule is CC(C)(C)c1ccc(CC(CO)C2CCS(=O)(=O)C2)cc1. The molecule has 1 N–H and O–H groups in total. The average molecular weight is 310 g/mol. The van der Waals surface area contributed by atoms with Crippen molar-refractivity contribution in [3.63, 3.8) is 0 Å². The van der Waals surface area contributed by atoms with Crippen molar-refractivity contribution in [2.45, 2.75) is 39.0 Å². The van der Waals surface area contributed by atoms with Gasteiger partial charge in [0, 0.05) is 6.61 Å². The first-order valence-corrected chi connectivity index (χ1v) is 9.44. The van der Waals surface area contributed by atoms with Gasteiger partial charge in [0.1, 0.15) is 0 Å². The number of benzene rings is 1. The first-order chi connectivity index (χ1) is 9.71. The fraction of sp³-hybridized carbons (Fsp3) is 0.647. The standard InChI is InChI=1S/C17H26O3S/c1-17(2,3)16-6-4-13(5-7-16)10-15(11-18)14-8-9-21(19,20)12-14/h4-7,14-15,18H,8-12H2,1-3H3. The van der Waals surface area contributed by atoms with Crippen molar-refractivity contribution >= 4 is 9.84 Å². The van der Waals surface area contributed by atoms with Gasteiger partial charge in [0.25, 0.3) is 0 Å². The van der Waals surface area contributed by atoms with Gasteiger partial charge in [-0.05, 0) is 41.2 Å². The molecule has 1 aliphatic heterocycles. The van der Waals surface area contributed by atoms with E-state index in [2.05, 4.69) is 45.0 Å². The van der Waals surface area contributed by atoms with E-state index in [0.717, 1.165) is 6.42 Å². The molecule has 1 heterocycles. The minimum atomic E-state index is -2.88. The van der Waals surface area contributed by atoms with E-state index < -0.39 is 9.84 Å². The van der Waals surface area contributed by atoms with Gasteiger partial charge in [0.05, 0.1) is 11.5 Å². The van der Waals surface area contributed by atoms with Gasteiger partial charge in [-0.2, -0.15) is 0 Å². The molecule has 2 rings (SSSR count). The van der Waals surface area contributed by atoms with Gasteiger partial charge in [-0.25, -0.2) is 8.42 Å². The number of aliphatic hydroxyl groups is 1. The fourth-order valence-corrected chi connectivity index (χ4v) is 4.94. The predicted octanol–water partition coefficient (Wildman–Crippen LogP) is 2.57. The first-order valence-electron chi connectivity index (χ1n) is 7.62. The van der Waals surface area contributed by atoms with Gasteiger partial charge in [-0.3, -0.25) is 0 Å². The molecule has 2 unspecified atom stereocenters. The summed E-state index contributed by atoms with van der Waals surface area (Å²) in [6.45, 7) is 6.60. The monoisotopic (exact) mass is 310 g/mol. The first kappa shape index (κ1) is 16.5. The zero-order chi connectivity index (χ0) is 15.7. The molecule has 1 aromatic carbocycles. The largest absolute Gasteiger partial charge is 0.396 e. The third-order valence-electron chi connectivity index (χ3n) is 4.49. The highest BCUT2D eigenvalue weighted by Crippen LogP contribution is 2.29. The highest BCUT2D eigenvalue weighted by molar-refractivity contribution is 7.91. The fourth-order valence-electron chi connectivity index (χ4n) is 3.02. The maximum Gasteiger partial charge on any atom is 0.150 e. The molecule has 1 fully saturated rings. The Morgan fingerprint density at radius 3 is 2.29 bits per heavy atom. The van der Waals surface area contributed by atoms with E-state index in [1.54, 1.807) is 0 Å². The van der Waals surface area contributed by atoms with Crippen molar-refractivity contribution in [2.75, 3.05) is 18.1 Å². The second kappa shape index (κ2) is 6.09. The van der Waals surface area contributed by atoms with Crippen LogP contribution in [0.2, 0.25) is 0 Å². The molecule has 2 atom stereocenters. The lowest BCUT2D eigenvalue weighted by Gasteiger charge is -2.22. The molecule has 3 nitrogen and oxygen atoms in total. The number of aliphatic hydroxyl groups excluding tert-OH is 1. The molecule has 0 aliphatic carbocycles. The summed E-state index contributed by atoms with van der Waals surface area (Å²) in [5.41, 5.74) is 2.59. The minimum Gasteiger partial charge on any atom is -0.396 e. The second-order valence-corrected chi connectivity index (χ2v) is 9.49. The van der Waals surface area contributed by atoms with E-state index in [1.807, 2.05) is 0 Å². The Morgan fingerprint density at radius 2 is 1.86 bits per heavy atom. The topological polar surface area (TPSA) is 54.4 Å². The van der Waals surface area contributed by atoms with Crippen LogP contribution in [0, 0.1) is 11.8 Å². The average Bonchev–Trinajstić information content (AvgIpc) is 2.75. The summed E-state index contributed by atoms with van der Waals surface area (Å²) in [5, 5.41) is 9.61. The third kappa shape index (κ3) is 4.30. The van der Waals surface area contributed by atoms with Crippen LogP contribution in [-0.4, -0.2) is 31.6 Å². The lowest BCUT2D eigenvalue weighted by atomic mass is 9.84.